The molecule has 0 aromatic carbocycles. The topological polar surface area (TPSA) is 71.8 Å². The summed E-state index contributed by atoms with van der Waals surface area (Å²) in [6, 6.07) is 0. The van der Waals surface area contributed by atoms with Gasteiger partial charge in [-0.3, -0.25) is 4.98 Å². The van der Waals surface area contributed by atoms with Gasteiger partial charge in [0.2, 0.25) is 0 Å². The molecule has 10 heavy (non-hydrogen) atoms. The van der Waals surface area contributed by atoms with Crippen molar-refractivity contribution < 1.29 is 4.42 Å². The fourth-order valence-corrected chi connectivity index (χ4v) is 0.692. The SMILES string of the molecule is O=c1ncc2ocnc2[nH]1. The molecule has 5 nitrogen and oxygen atoms in total. The van der Waals surface area contributed by atoms with E-state index in [1.807, 2.05) is 0 Å². The Kier molecular flexibility index (Phi) is 0.858. The molecule has 2 aromatic heterocycles. The molecule has 0 radical (unpaired) electrons. The Morgan fingerprint density at radius 1 is 1.50 bits per heavy atom. The number of rotatable bonds is 0. The van der Waals surface area contributed by atoms with Crippen LogP contribution in [0.2, 0.25) is 0 Å². The summed E-state index contributed by atoms with van der Waals surface area (Å²) in [5.74, 6) is 0. The monoisotopic (exact) mass is 137 g/mol. The van der Waals surface area contributed by atoms with Crippen LogP contribution in [0.25, 0.3) is 11.2 Å². The van der Waals surface area contributed by atoms with Gasteiger partial charge in [-0.25, -0.2) is 4.79 Å². The molecule has 0 aliphatic carbocycles. The van der Waals surface area contributed by atoms with Crippen molar-refractivity contribution in [3.8, 4) is 0 Å². The van der Waals surface area contributed by atoms with E-state index in [1.165, 1.54) is 12.6 Å². The standard InChI is InChI=1S/C5H3N3O2/c9-5-6-1-3-4(8-5)7-2-10-3/h1-2H,(H,6,8,9). The van der Waals surface area contributed by atoms with Crippen molar-refractivity contribution in [1.82, 2.24) is 15.0 Å². The molecule has 0 spiro atoms. The van der Waals surface area contributed by atoms with Crippen molar-refractivity contribution in [2.75, 3.05) is 0 Å². The summed E-state index contributed by atoms with van der Waals surface area (Å²) in [6.45, 7) is 0. The zero-order valence-corrected chi connectivity index (χ0v) is 4.87. The quantitative estimate of drug-likeness (QED) is 0.550. The van der Waals surface area contributed by atoms with Crippen LogP contribution in [0.5, 0.6) is 0 Å². The summed E-state index contributed by atoms with van der Waals surface area (Å²) in [5.41, 5.74) is 0.501. The van der Waals surface area contributed by atoms with Gasteiger partial charge < -0.3 is 4.42 Å². The Hall–Kier alpha value is -1.65. The van der Waals surface area contributed by atoms with Gasteiger partial charge in [-0.15, -0.1) is 0 Å². The maximum Gasteiger partial charge on any atom is 0.346 e. The molecule has 2 rings (SSSR count). The fourth-order valence-electron chi connectivity index (χ4n) is 0.692. The lowest BCUT2D eigenvalue weighted by atomic mass is 10.6. The third-order valence-corrected chi connectivity index (χ3v) is 1.12. The molecule has 0 aliphatic rings. The zero-order valence-electron chi connectivity index (χ0n) is 4.87. The van der Waals surface area contributed by atoms with Crippen molar-refractivity contribution in [3.63, 3.8) is 0 Å². The number of aromatic nitrogens is 3. The van der Waals surface area contributed by atoms with E-state index in [0.29, 0.717) is 11.2 Å². The molecular formula is C5H3N3O2. The number of nitrogens with one attached hydrogen (secondary N) is 1. The van der Waals surface area contributed by atoms with Crippen LogP contribution in [-0.2, 0) is 0 Å². The summed E-state index contributed by atoms with van der Waals surface area (Å²) >= 11 is 0. The molecule has 0 saturated heterocycles. The summed E-state index contributed by atoms with van der Waals surface area (Å²) in [7, 11) is 0. The van der Waals surface area contributed by atoms with Crippen molar-refractivity contribution in [3.05, 3.63) is 23.1 Å². The molecule has 0 bridgehead atoms. The average molecular weight is 137 g/mol. The van der Waals surface area contributed by atoms with Gasteiger partial charge in [0, 0.05) is 0 Å². The summed E-state index contributed by atoms with van der Waals surface area (Å²) in [6.07, 6.45) is 2.59. The second-order valence-electron chi connectivity index (χ2n) is 1.75. The Labute approximate surface area is 54.7 Å². The number of H-pyrrole nitrogens is 1. The molecule has 0 fully saturated rings. The summed E-state index contributed by atoms with van der Waals surface area (Å²) < 4.78 is 4.83. The molecule has 0 amide bonds. The van der Waals surface area contributed by atoms with Crippen LogP contribution in [0.4, 0.5) is 0 Å². The predicted octanol–water partition coefficient (Wildman–Crippen LogP) is -0.0889. The molecule has 2 heterocycles. The molecule has 0 atom stereocenters. The first-order valence-corrected chi connectivity index (χ1v) is 2.65. The minimum absolute atomic E-state index is 0.415. The van der Waals surface area contributed by atoms with Crippen LogP contribution in [0.3, 0.4) is 0 Å². The van der Waals surface area contributed by atoms with E-state index < -0.39 is 5.69 Å². The van der Waals surface area contributed by atoms with Crippen molar-refractivity contribution in [2.45, 2.75) is 0 Å². The highest BCUT2D eigenvalue weighted by molar-refractivity contribution is 5.64. The van der Waals surface area contributed by atoms with Gasteiger partial charge in [0.25, 0.3) is 0 Å². The number of fused-ring (bicyclic) bond motifs is 1. The predicted molar refractivity (Wildman–Crippen MR) is 32.4 cm³/mol. The van der Waals surface area contributed by atoms with Gasteiger partial charge in [-0.1, -0.05) is 0 Å². The van der Waals surface area contributed by atoms with Crippen molar-refractivity contribution in [1.29, 1.82) is 0 Å². The van der Waals surface area contributed by atoms with Crippen molar-refractivity contribution in [2.24, 2.45) is 0 Å². The van der Waals surface area contributed by atoms with Crippen LogP contribution in [0.15, 0.2) is 21.8 Å². The van der Waals surface area contributed by atoms with Crippen LogP contribution < -0.4 is 5.69 Å². The molecule has 1 N–H and O–H groups in total. The third-order valence-electron chi connectivity index (χ3n) is 1.12. The molecular weight excluding hydrogens is 134 g/mol. The highest BCUT2D eigenvalue weighted by atomic mass is 16.3. The first-order chi connectivity index (χ1) is 4.86. The number of nitrogens with zero attached hydrogens (tertiary/aromatic N) is 2. The van der Waals surface area contributed by atoms with Gasteiger partial charge in [-0.2, -0.15) is 9.97 Å². The van der Waals surface area contributed by atoms with Gasteiger partial charge in [0.15, 0.2) is 17.6 Å². The molecule has 0 aliphatic heterocycles. The summed E-state index contributed by atoms with van der Waals surface area (Å²) in [4.78, 5) is 20.1. The average Bonchev–Trinajstić information content (AvgIpc) is 2.33. The van der Waals surface area contributed by atoms with Crippen LogP contribution in [0.1, 0.15) is 0 Å². The maximum atomic E-state index is 10.5. The fraction of sp³-hybridized carbons (Fsp3) is 0. The number of aromatic amines is 1. The van der Waals surface area contributed by atoms with E-state index >= 15 is 0 Å². The van der Waals surface area contributed by atoms with Gasteiger partial charge in [0.05, 0.1) is 6.20 Å². The van der Waals surface area contributed by atoms with E-state index in [-0.39, 0.29) is 0 Å². The molecule has 5 heteroatoms. The van der Waals surface area contributed by atoms with Gasteiger partial charge >= 0.3 is 5.69 Å². The molecule has 0 unspecified atom stereocenters. The van der Waals surface area contributed by atoms with Gasteiger partial charge in [0.1, 0.15) is 0 Å². The Bertz CT molecular complexity index is 402. The van der Waals surface area contributed by atoms with E-state index in [0.717, 1.165) is 0 Å². The lowest BCUT2D eigenvalue weighted by molar-refractivity contribution is 0.600. The molecule has 50 valence electrons. The van der Waals surface area contributed by atoms with Crippen LogP contribution in [0, 0.1) is 0 Å². The second kappa shape index (κ2) is 1.66. The number of hydrogen-bond donors (Lipinski definition) is 1. The summed E-state index contributed by atoms with van der Waals surface area (Å²) in [5, 5.41) is 0. The Morgan fingerprint density at radius 2 is 2.40 bits per heavy atom. The normalized spacial score (nSPS) is 10.4. The largest absolute Gasteiger partial charge is 0.440 e. The van der Waals surface area contributed by atoms with Crippen LogP contribution >= 0.6 is 0 Å². The highest BCUT2D eigenvalue weighted by Crippen LogP contribution is 2.02. The third kappa shape index (κ3) is 0.604. The van der Waals surface area contributed by atoms with E-state index in [2.05, 4.69) is 15.0 Å². The van der Waals surface area contributed by atoms with Crippen LogP contribution in [-0.4, -0.2) is 15.0 Å². The maximum absolute atomic E-state index is 10.5. The first-order valence-electron chi connectivity index (χ1n) is 2.65. The first kappa shape index (κ1) is 5.16. The smallest absolute Gasteiger partial charge is 0.346 e. The van der Waals surface area contributed by atoms with E-state index in [1.54, 1.807) is 0 Å². The van der Waals surface area contributed by atoms with Crippen molar-refractivity contribution >= 4 is 11.2 Å². The molecule has 2 aromatic rings. The lowest BCUT2D eigenvalue weighted by Gasteiger charge is -1.80. The van der Waals surface area contributed by atoms with E-state index in [9.17, 15) is 4.79 Å². The highest BCUT2D eigenvalue weighted by Gasteiger charge is 1.96. The Morgan fingerprint density at radius 3 is 3.30 bits per heavy atom. The minimum atomic E-state index is -0.415. The lowest BCUT2D eigenvalue weighted by Crippen LogP contribution is -2.07. The minimum Gasteiger partial charge on any atom is -0.440 e. The molecule has 0 saturated carbocycles. The van der Waals surface area contributed by atoms with E-state index in [4.69, 9.17) is 4.42 Å². The van der Waals surface area contributed by atoms with Gasteiger partial charge in [-0.05, 0) is 0 Å². The Balaban J connectivity index is 2.99. The second-order valence-corrected chi connectivity index (χ2v) is 1.75. The zero-order chi connectivity index (χ0) is 6.97. The number of hydrogen-bond acceptors (Lipinski definition) is 4. The number of oxazole rings is 1.